The fourth-order valence-electron chi connectivity index (χ4n) is 3.08. The van der Waals surface area contributed by atoms with Gasteiger partial charge in [-0.2, -0.15) is 0 Å². The average molecular weight is 289 g/mol. The second-order valence-corrected chi connectivity index (χ2v) is 5.52. The number of rotatable bonds is 2. The summed E-state index contributed by atoms with van der Waals surface area (Å²) >= 11 is 0. The van der Waals surface area contributed by atoms with Gasteiger partial charge in [-0.15, -0.1) is 10.2 Å². The van der Waals surface area contributed by atoms with Gasteiger partial charge in [-0.1, -0.05) is 48.5 Å². The molecule has 1 heterocycles. The van der Waals surface area contributed by atoms with Gasteiger partial charge in [0, 0.05) is 5.56 Å². The minimum absolute atomic E-state index is 0.0629. The number of nitrogens with zero attached hydrogens (tertiary/aromatic N) is 2. The van der Waals surface area contributed by atoms with Crippen LogP contribution < -0.4 is 5.32 Å². The predicted octanol–water partition coefficient (Wildman–Crippen LogP) is 3.00. The van der Waals surface area contributed by atoms with Crippen molar-refractivity contribution in [2.75, 3.05) is 0 Å². The maximum absolute atomic E-state index is 12.6. The fourth-order valence-corrected chi connectivity index (χ4v) is 3.08. The molecule has 1 aliphatic heterocycles. The third kappa shape index (κ3) is 2.13. The fraction of sp³-hybridized carbons (Fsp3) is 0.167. The normalized spacial score (nSPS) is 16.5. The molecular weight excluding hydrogens is 274 g/mol. The van der Waals surface area contributed by atoms with Crippen LogP contribution in [0, 0.1) is 0 Å². The van der Waals surface area contributed by atoms with Crippen molar-refractivity contribution in [1.82, 2.24) is 15.5 Å². The quantitative estimate of drug-likeness (QED) is 0.789. The first kappa shape index (κ1) is 13.0. The first-order chi connectivity index (χ1) is 10.8. The Labute approximate surface area is 128 Å². The molecule has 4 rings (SSSR count). The molecule has 3 aliphatic rings. The predicted molar refractivity (Wildman–Crippen MR) is 83.6 cm³/mol. The molecule has 0 unspecified atom stereocenters. The summed E-state index contributed by atoms with van der Waals surface area (Å²) in [6.07, 6.45) is 1.94. The number of carbonyl (C=O) groups is 1. The van der Waals surface area contributed by atoms with Crippen LogP contribution >= 0.6 is 0 Å². The van der Waals surface area contributed by atoms with E-state index in [1.54, 1.807) is 0 Å². The van der Waals surface area contributed by atoms with Gasteiger partial charge in [-0.3, -0.25) is 4.79 Å². The summed E-state index contributed by atoms with van der Waals surface area (Å²) < 4.78 is 0. The Bertz CT molecular complexity index is 815. The standard InChI is InChI=1S/C18H15N3O/c22-18(17-14-8-2-1-3-9-16(14)20-21-17)19-15-11-10-12-6-4-5-7-13(12)15/h1-9,15H,10-11H2,(H,19,22)/t15-/m1/s1. The molecule has 1 aromatic carbocycles. The van der Waals surface area contributed by atoms with Crippen LogP contribution in [0.2, 0.25) is 0 Å². The van der Waals surface area contributed by atoms with E-state index in [0.717, 1.165) is 24.1 Å². The first-order valence-corrected chi connectivity index (χ1v) is 7.43. The summed E-state index contributed by atoms with van der Waals surface area (Å²) in [7, 11) is 0. The third-order valence-electron chi connectivity index (χ3n) is 4.18. The van der Waals surface area contributed by atoms with Crippen molar-refractivity contribution < 1.29 is 4.79 Å². The van der Waals surface area contributed by atoms with Gasteiger partial charge in [-0.05, 0) is 30.0 Å². The lowest BCUT2D eigenvalue weighted by Gasteiger charge is -2.13. The van der Waals surface area contributed by atoms with Crippen LogP contribution in [0.15, 0.2) is 54.6 Å². The summed E-state index contributed by atoms with van der Waals surface area (Å²) in [5.74, 6) is -0.157. The van der Waals surface area contributed by atoms with E-state index in [1.807, 2.05) is 42.5 Å². The van der Waals surface area contributed by atoms with Gasteiger partial charge in [0.15, 0.2) is 5.69 Å². The molecule has 0 saturated heterocycles. The van der Waals surface area contributed by atoms with Crippen LogP contribution in [0.4, 0.5) is 0 Å². The van der Waals surface area contributed by atoms with E-state index in [1.165, 1.54) is 11.1 Å². The van der Waals surface area contributed by atoms with Crippen molar-refractivity contribution in [2.24, 2.45) is 0 Å². The van der Waals surface area contributed by atoms with E-state index >= 15 is 0 Å². The molecule has 1 atom stereocenters. The first-order valence-electron chi connectivity index (χ1n) is 7.43. The molecule has 1 N–H and O–H groups in total. The van der Waals surface area contributed by atoms with E-state index in [2.05, 4.69) is 27.6 Å². The smallest absolute Gasteiger partial charge is 0.272 e. The summed E-state index contributed by atoms with van der Waals surface area (Å²) in [6, 6.07) is 17.8. The minimum Gasteiger partial charge on any atom is -0.344 e. The van der Waals surface area contributed by atoms with Crippen molar-refractivity contribution in [2.45, 2.75) is 18.9 Å². The summed E-state index contributed by atoms with van der Waals surface area (Å²) in [5.41, 5.74) is 4.45. The topological polar surface area (TPSA) is 54.9 Å². The third-order valence-corrected chi connectivity index (χ3v) is 4.18. The van der Waals surface area contributed by atoms with Gasteiger partial charge in [0.25, 0.3) is 5.91 Å². The highest BCUT2D eigenvalue weighted by atomic mass is 16.2. The van der Waals surface area contributed by atoms with Gasteiger partial charge in [-0.25, -0.2) is 0 Å². The maximum atomic E-state index is 12.6. The van der Waals surface area contributed by atoms with Gasteiger partial charge >= 0.3 is 0 Å². The Hall–Kier alpha value is -2.75. The Morgan fingerprint density at radius 2 is 1.82 bits per heavy atom. The zero-order chi connectivity index (χ0) is 14.9. The van der Waals surface area contributed by atoms with Crippen molar-refractivity contribution in [3.05, 3.63) is 71.4 Å². The molecule has 0 spiro atoms. The SMILES string of the molecule is O=C(N[C@@H]1CCc2ccccc21)c1nnc2cccccc1-2. The molecule has 0 fully saturated rings. The lowest BCUT2D eigenvalue weighted by Crippen LogP contribution is -2.27. The van der Waals surface area contributed by atoms with Crippen molar-refractivity contribution in [3.8, 4) is 11.3 Å². The molecule has 0 saturated carbocycles. The number of nitrogens with one attached hydrogen (secondary N) is 1. The largest absolute Gasteiger partial charge is 0.344 e. The molecule has 0 radical (unpaired) electrons. The number of carbonyl (C=O) groups excluding carboxylic acids is 1. The second-order valence-electron chi connectivity index (χ2n) is 5.52. The van der Waals surface area contributed by atoms with Crippen LogP contribution in [0.5, 0.6) is 0 Å². The maximum Gasteiger partial charge on any atom is 0.272 e. The molecule has 0 aromatic heterocycles. The minimum atomic E-state index is -0.157. The van der Waals surface area contributed by atoms with E-state index in [4.69, 9.17) is 0 Å². The highest BCUT2D eigenvalue weighted by molar-refractivity contribution is 5.99. The average Bonchev–Trinajstić information content (AvgIpc) is 3.05. The molecule has 1 aromatic rings. The van der Waals surface area contributed by atoms with E-state index in [-0.39, 0.29) is 11.9 Å². The van der Waals surface area contributed by atoms with Crippen LogP contribution in [0.1, 0.15) is 34.1 Å². The van der Waals surface area contributed by atoms with Crippen molar-refractivity contribution in [3.63, 3.8) is 0 Å². The second kappa shape index (κ2) is 5.22. The van der Waals surface area contributed by atoms with Gasteiger partial charge in [0.2, 0.25) is 0 Å². The molecule has 4 nitrogen and oxygen atoms in total. The van der Waals surface area contributed by atoms with E-state index < -0.39 is 0 Å². The zero-order valence-corrected chi connectivity index (χ0v) is 12.0. The number of aryl methyl sites for hydroxylation is 1. The number of hydrogen-bond acceptors (Lipinski definition) is 3. The number of benzene rings is 1. The molecule has 108 valence electrons. The number of fused-ring (bicyclic) bond motifs is 2. The van der Waals surface area contributed by atoms with Crippen LogP contribution in [0.25, 0.3) is 11.3 Å². The van der Waals surface area contributed by atoms with E-state index in [9.17, 15) is 4.79 Å². The van der Waals surface area contributed by atoms with Gasteiger partial charge < -0.3 is 5.32 Å². The number of hydrogen-bond donors (Lipinski definition) is 1. The molecule has 22 heavy (non-hydrogen) atoms. The van der Waals surface area contributed by atoms with Crippen LogP contribution in [0.3, 0.4) is 0 Å². The van der Waals surface area contributed by atoms with Gasteiger partial charge in [0.1, 0.15) is 0 Å². The van der Waals surface area contributed by atoms with Crippen molar-refractivity contribution in [1.29, 1.82) is 0 Å². The summed E-state index contributed by atoms with van der Waals surface area (Å²) in [5, 5.41) is 11.2. The lowest BCUT2D eigenvalue weighted by molar-refractivity contribution is 0.0932. The number of aromatic nitrogens is 2. The zero-order valence-electron chi connectivity index (χ0n) is 12.0. The Kier molecular flexibility index (Phi) is 3.07. The molecule has 2 aliphatic carbocycles. The highest BCUT2D eigenvalue weighted by Crippen LogP contribution is 2.31. The molecular formula is C18H15N3O. The Morgan fingerprint density at radius 1 is 1.00 bits per heavy atom. The Morgan fingerprint density at radius 3 is 2.77 bits per heavy atom. The van der Waals surface area contributed by atoms with Crippen LogP contribution in [-0.4, -0.2) is 16.1 Å². The van der Waals surface area contributed by atoms with Crippen molar-refractivity contribution >= 4 is 5.91 Å². The van der Waals surface area contributed by atoms with Crippen LogP contribution in [-0.2, 0) is 6.42 Å². The Balaban J connectivity index is 1.61. The number of amides is 1. The molecule has 0 bridgehead atoms. The highest BCUT2D eigenvalue weighted by Gasteiger charge is 2.26. The molecule has 1 amide bonds. The van der Waals surface area contributed by atoms with Gasteiger partial charge in [0.05, 0.1) is 11.7 Å². The lowest BCUT2D eigenvalue weighted by atomic mass is 10.1. The monoisotopic (exact) mass is 289 g/mol. The molecule has 4 heteroatoms. The van der Waals surface area contributed by atoms with E-state index in [0.29, 0.717) is 5.69 Å². The summed E-state index contributed by atoms with van der Waals surface area (Å²) in [4.78, 5) is 12.6. The summed E-state index contributed by atoms with van der Waals surface area (Å²) in [6.45, 7) is 0.